The Kier molecular flexibility index (Phi) is 4.40. The molecule has 134 valence electrons. The number of pyridine rings is 1. The van der Waals surface area contributed by atoms with Crippen molar-refractivity contribution in [1.82, 2.24) is 19.6 Å². The van der Waals surface area contributed by atoms with Gasteiger partial charge in [-0.1, -0.05) is 6.07 Å². The number of hydrogen-bond acceptors (Lipinski definition) is 5. The van der Waals surface area contributed by atoms with Gasteiger partial charge < -0.3 is 19.4 Å². The minimum Gasteiger partial charge on any atom is -0.467 e. The van der Waals surface area contributed by atoms with Crippen LogP contribution in [0.4, 0.5) is 0 Å². The normalized spacial score (nSPS) is 14.5. The zero-order valence-electron chi connectivity index (χ0n) is 14.1. The quantitative estimate of drug-likeness (QED) is 0.763. The van der Waals surface area contributed by atoms with E-state index in [0.717, 1.165) is 0 Å². The number of hydrogen-bond donors (Lipinski definition) is 1. The monoisotopic (exact) mass is 354 g/mol. The zero-order valence-corrected chi connectivity index (χ0v) is 14.1. The maximum Gasteiger partial charge on any atom is 0.288 e. The van der Waals surface area contributed by atoms with E-state index in [2.05, 4.69) is 10.3 Å². The number of carbonyl (C=O) groups excluding carboxylic acids is 2. The standard InChI is InChI=1S/C18H18N4O4/c23-17(19-12-13-4-3-9-26-13)16-20-15(14-5-1-2-6-22(14)16)18(24)21-7-10-25-11-8-21/h1-6,9H,7-8,10-12H2,(H,19,23). The predicted molar refractivity (Wildman–Crippen MR) is 91.8 cm³/mol. The highest BCUT2D eigenvalue weighted by Gasteiger charge is 2.26. The molecule has 0 aromatic carbocycles. The van der Waals surface area contributed by atoms with Crippen molar-refractivity contribution >= 4 is 17.3 Å². The van der Waals surface area contributed by atoms with Gasteiger partial charge in [0.25, 0.3) is 11.8 Å². The topological polar surface area (TPSA) is 89.1 Å². The first-order valence-corrected chi connectivity index (χ1v) is 8.39. The Hall–Kier alpha value is -3.13. The van der Waals surface area contributed by atoms with Crippen LogP contribution in [0.5, 0.6) is 0 Å². The lowest BCUT2D eigenvalue weighted by atomic mass is 10.3. The highest BCUT2D eigenvalue weighted by Crippen LogP contribution is 2.16. The molecule has 8 nitrogen and oxygen atoms in total. The van der Waals surface area contributed by atoms with Crippen LogP contribution in [0.25, 0.3) is 5.52 Å². The first-order valence-electron chi connectivity index (χ1n) is 8.39. The number of rotatable bonds is 4. The van der Waals surface area contributed by atoms with E-state index in [9.17, 15) is 9.59 Å². The van der Waals surface area contributed by atoms with Crippen molar-refractivity contribution in [3.05, 3.63) is 60.1 Å². The van der Waals surface area contributed by atoms with Gasteiger partial charge in [0, 0.05) is 19.3 Å². The third kappa shape index (κ3) is 3.06. The maximum absolute atomic E-state index is 12.8. The van der Waals surface area contributed by atoms with Gasteiger partial charge >= 0.3 is 0 Å². The van der Waals surface area contributed by atoms with E-state index >= 15 is 0 Å². The molecule has 0 spiro atoms. The van der Waals surface area contributed by atoms with Crippen LogP contribution in [0, 0.1) is 0 Å². The summed E-state index contributed by atoms with van der Waals surface area (Å²) in [7, 11) is 0. The van der Waals surface area contributed by atoms with Gasteiger partial charge in [-0.25, -0.2) is 4.98 Å². The number of amides is 2. The summed E-state index contributed by atoms with van der Waals surface area (Å²) in [5, 5.41) is 2.76. The molecular weight excluding hydrogens is 336 g/mol. The Balaban J connectivity index is 1.63. The molecule has 2 amide bonds. The minimum atomic E-state index is -0.372. The lowest BCUT2D eigenvalue weighted by Gasteiger charge is -2.26. The molecular formula is C18H18N4O4. The Bertz CT molecular complexity index is 926. The third-order valence-corrected chi connectivity index (χ3v) is 4.26. The molecule has 0 saturated carbocycles. The van der Waals surface area contributed by atoms with E-state index in [4.69, 9.17) is 9.15 Å². The van der Waals surface area contributed by atoms with Gasteiger partial charge in [-0.05, 0) is 24.3 Å². The number of imidazole rings is 1. The molecule has 1 saturated heterocycles. The molecule has 1 fully saturated rings. The Morgan fingerprint density at radius 2 is 2.00 bits per heavy atom. The van der Waals surface area contributed by atoms with Crippen molar-refractivity contribution in [2.45, 2.75) is 6.54 Å². The Labute approximate surface area is 149 Å². The number of nitrogens with zero attached hydrogens (tertiary/aromatic N) is 3. The lowest BCUT2D eigenvalue weighted by molar-refractivity contribution is 0.0300. The van der Waals surface area contributed by atoms with Crippen molar-refractivity contribution in [3.63, 3.8) is 0 Å². The molecule has 3 aromatic rings. The van der Waals surface area contributed by atoms with Gasteiger partial charge in [0.2, 0.25) is 5.82 Å². The molecule has 1 N–H and O–H groups in total. The van der Waals surface area contributed by atoms with E-state index in [0.29, 0.717) is 37.6 Å². The van der Waals surface area contributed by atoms with Crippen LogP contribution in [0.2, 0.25) is 0 Å². The maximum atomic E-state index is 12.8. The Morgan fingerprint density at radius 3 is 2.77 bits per heavy atom. The minimum absolute atomic E-state index is 0.170. The number of aromatic nitrogens is 2. The first-order chi connectivity index (χ1) is 12.7. The second-order valence-corrected chi connectivity index (χ2v) is 5.91. The van der Waals surface area contributed by atoms with E-state index in [1.165, 1.54) is 0 Å². The molecule has 26 heavy (non-hydrogen) atoms. The van der Waals surface area contributed by atoms with Gasteiger partial charge in [0.1, 0.15) is 5.76 Å². The summed E-state index contributed by atoms with van der Waals surface area (Å²) in [6, 6.07) is 8.92. The molecule has 0 atom stereocenters. The SMILES string of the molecule is O=C(NCc1ccco1)c1nc(C(=O)N2CCOCC2)c2ccccn12. The number of furan rings is 1. The van der Waals surface area contributed by atoms with E-state index in [1.807, 2.05) is 6.07 Å². The van der Waals surface area contributed by atoms with Crippen LogP contribution in [-0.4, -0.2) is 52.4 Å². The summed E-state index contributed by atoms with van der Waals surface area (Å²) in [5.41, 5.74) is 0.878. The number of carbonyl (C=O) groups is 2. The highest BCUT2D eigenvalue weighted by molar-refractivity contribution is 6.02. The van der Waals surface area contributed by atoms with Crippen LogP contribution in [-0.2, 0) is 11.3 Å². The van der Waals surface area contributed by atoms with E-state index in [1.54, 1.807) is 46.0 Å². The van der Waals surface area contributed by atoms with Crippen molar-refractivity contribution < 1.29 is 18.7 Å². The Morgan fingerprint density at radius 1 is 1.15 bits per heavy atom. The van der Waals surface area contributed by atoms with Crippen LogP contribution in [0.3, 0.4) is 0 Å². The average Bonchev–Trinajstić information content (AvgIpc) is 3.34. The molecule has 1 aliphatic rings. The molecule has 8 heteroatoms. The van der Waals surface area contributed by atoms with E-state index < -0.39 is 0 Å². The molecule has 3 aromatic heterocycles. The molecule has 4 heterocycles. The zero-order chi connectivity index (χ0) is 17.9. The fourth-order valence-corrected chi connectivity index (χ4v) is 2.93. The van der Waals surface area contributed by atoms with Crippen LogP contribution in [0.15, 0.2) is 47.2 Å². The van der Waals surface area contributed by atoms with Gasteiger partial charge in [-0.15, -0.1) is 0 Å². The second kappa shape index (κ2) is 7.01. The third-order valence-electron chi connectivity index (χ3n) is 4.26. The molecule has 1 aliphatic heterocycles. The fraction of sp³-hybridized carbons (Fsp3) is 0.278. The molecule has 0 radical (unpaired) electrons. The molecule has 0 bridgehead atoms. The summed E-state index contributed by atoms with van der Waals surface area (Å²) >= 11 is 0. The number of morpholine rings is 1. The first kappa shape index (κ1) is 16.3. The summed E-state index contributed by atoms with van der Waals surface area (Å²) in [4.78, 5) is 31.5. The summed E-state index contributed by atoms with van der Waals surface area (Å²) in [6.07, 6.45) is 3.27. The number of nitrogens with one attached hydrogen (secondary N) is 1. The van der Waals surface area contributed by atoms with Gasteiger partial charge in [0.05, 0.1) is 31.5 Å². The van der Waals surface area contributed by atoms with Gasteiger partial charge in [0.15, 0.2) is 5.69 Å². The van der Waals surface area contributed by atoms with Crippen molar-refractivity contribution in [2.75, 3.05) is 26.3 Å². The smallest absolute Gasteiger partial charge is 0.288 e. The van der Waals surface area contributed by atoms with E-state index in [-0.39, 0.29) is 29.9 Å². The summed E-state index contributed by atoms with van der Waals surface area (Å²) in [5.74, 6) is 0.248. The summed E-state index contributed by atoms with van der Waals surface area (Å²) in [6.45, 7) is 2.30. The van der Waals surface area contributed by atoms with Crippen LogP contribution in [0.1, 0.15) is 26.9 Å². The van der Waals surface area contributed by atoms with Gasteiger partial charge in [-0.3, -0.25) is 14.0 Å². The fourth-order valence-electron chi connectivity index (χ4n) is 2.93. The summed E-state index contributed by atoms with van der Waals surface area (Å²) < 4.78 is 12.1. The lowest BCUT2D eigenvalue weighted by Crippen LogP contribution is -2.41. The van der Waals surface area contributed by atoms with Crippen LogP contribution < -0.4 is 5.32 Å². The molecule has 0 aliphatic carbocycles. The second-order valence-electron chi connectivity index (χ2n) is 5.91. The van der Waals surface area contributed by atoms with Crippen LogP contribution >= 0.6 is 0 Å². The van der Waals surface area contributed by atoms with Gasteiger partial charge in [-0.2, -0.15) is 0 Å². The highest BCUT2D eigenvalue weighted by atomic mass is 16.5. The van der Waals surface area contributed by atoms with Crippen molar-refractivity contribution in [2.24, 2.45) is 0 Å². The molecule has 0 unspecified atom stereocenters. The largest absolute Gasteiger partial charge is 0.467 e. The molecule has 4 rings (SSSR count). The number of fused-ring (bicyclic) bond motifs is 1. The average molecular weight is 354 g/mol. The van der Waals surface area contributed by atoms with Crippen molar-refractivity contribution in [1.29, 1.82) is 0 Å². The predicted octanol–water partition coefficient (Wildman–Crippen LogP) is 1.33. The number of ether oxygens (including phenoxy) is 1. The van der Waals surface area contributed by atoms with Crippen molar-refractivity contribution in [3.8, 4) is 0 Å².